The summed E-state index contributed by atoms with van der Waals surface area (Å²) in [5, 5.41) is 21.9. The van der Waals surface area contributed by atoms with Crippen LogP contribution >= 0.6 is 0 Å². The van der Waals surface area contributed by atoms with Crippen molar-refractivity contribution in [1.82, 2.24) is 0 Å². The van der Waals surface area contributed by atoms with Crippen molar-refractivity contribution in [2.45, 2.75) is 4.90 Å². The third-order valence-corrected chi connectivity index (χ3v) is 6.61. The molecule has 0 atom stereocenters. The van der Waals surface area contributed by atoms with Crippen LogP contribution in [0.4, 0.5) is 11.4 Å². The molecule has 0 heterocycles. The van der Waals surface area contributed by atoms with Crippen LogP contribution in [0.2, 0.25) is 0 Å². The first-order chi connectivity index (χ1) is 16.9. The van der Waals surface area contributed by atoms with Gasteiger partial charge in [-0.2, -0.15) is 8.42 Å². The van der Waals surface area contributed by atoms with E-state index in [1.54, 1.807) is 54.6 Å². The zero-order chi connectivity index (χ0) is 24.6. The van der Waals surface area contributed by atoms with E-state index in [1.807, 2.05) is 6.07 Å². The Morgan fingerprint density at radius 2 is 1.36 bits per heavy atom. The number of anilines is 1. The summed E-state index contributed by atoms with van der Waals surface area (Å²) in [4.78, 5) is 17.9. The second-order valence-corrected chi connectivity index (χ2v) is 9.21. The summed E-state index contributed by atoms with van der Waals surface area (Å²) in [6.45, 7) is 0. The molecule has 10 heteroatoms. The molecule has 0 bridgehead atoms. The molecule has 0 saturated heterocycles. The minimum Gasteiger partial charge on any atom is -0.507 e. The molecule has 1 aliphatic rings. The largest absolute Gasteiger partial charge is 0.507 e. The first kappa shape index (κ1) is 25.6. The summed E-state index contributed by atoms with van der Waals surface area (Å²) in [6, 6.07) is 24.2. The Bertz CT molecular complexity index is 1590. The van der Waals surface area contributed by atoms with E-state index in [9.17, 15) is 23.4 Å². The van der Waals surface area contributed by atoms with Crippen LogP contribution in [-0.2, 0) is 14.4 Å². The number of nitrogens with zero attached hydrogens (tertiary/aromatic N) is 1. The number of phenolic OH excluding ortho intramolecular Hbond substituents is 2. The number of aliphatic imine (C=N–C) groups is 1. The Morgan fingerprint density at radius 3 is 2.03 bits per heavy atom. The number of hydrogen-bond acceptors (Lipinski definition) is 8. The fourth-order valence-corrected chi connectivity index (χ4v) is 4.62. The van der Waals surface area contributed by atoms with Crippen LogP contribution in [-0.4, -0.2) is 59.7 Å². The predicted octanol–water partition coefficient (Wildman–Crippen LogP) is 4.16. The molecule has 175 valence electrons. The minimum absolute atomic E-state index is 0. The van der Waals surface area contributed by atoms with Crippen molar-refractivity contribution in [1.29, 1.82) is 0 Å². The van der Waals surface area contributed by atoms with Crippen molar-refractivity contribution in [2.75, 3.05) is 5.48 Å². The normalized spacial score (nSPS) is 13.4. The quantitative estimate of drug-likeness (QED) is 0.141. The molecule has 5 rings (SSSR count). The van der Waals surface area contributed by atoms with E-state index in [-0.39, 0.29) is 56.8 Å². The summed E-state index contributed by atoms with van der Waals surface area (Å²) in [6.07, 6.45) is 0. The van der Waals surface area contributed by atoms with Gasteiger partial charge in [0.05, 0.1) is 27.4 Å². The SMILES string of the molecule is O=C1c2ccccc2C(=Nc2ccccc2)c2c(O)cc(NOS(=O)(=O)c3ccccc3)c(O)c21.[Na]. The molecule has 36 heavy (non-hydrogen) atoms. The van der Waals surface area contributed by atoms with Crippen LogP contribution in [0.15, 0.2) is 101 Å². The zero-order valence-corrected chi connectivity index (χ0v) is 21.9. The fourth-order valence-electron chi connectivity index (χ4n) is 3.84. The van der Waals surface area contributed by atoms with Crippen molar-refractivity contribution in [2.24, 2.45) is 4.99 Å². The maximum absolute atomic E-state index is 13.3. The standard InChI is InChI=1S/C26H18N2O6S.Na/c29-21-15-20(28-34-35(32,33)17-11-5-2-6-12-17)26(31)23-22(21)24(27-16-9-3-1-4-10-16)18-13-7-8-14-19(18)25(23)30;/h1-15,28-29,31H;. The van der Waals surface area contributed by atoms with Crippen LogP contribution < -0.4 is 5.48 Å². The predicted molar refractivity (Wildman–Crippen MR) is 135 cm³/mol. The second-order valence-electron chi connectivity index (χ2n) is 7.67. The van der Waals surface area contributed by atoms with E-state index in [4.69, 9.17) is 4.28 Å². The fraction of sp³-hybridized carbons (Fsp3) is 0. The van der Waals surface area contributed by atoms with Gasteiger partial charge >= 0.3 is 10.1 Å². The van der Waals surface area contributed by atoms with Crippen molar-refractivity contribution < 1.29 is 27.7 Å². The number of para-hydroxylation sites is 1. The number of aromatic hydroxyl groups is 2. The molecule has 0 fully saturated rings. The van der Waals surface area contributed by atoms with Gasteiger partial charge in [-0.1, -0.05) is 60.7 Å². The Labute approximate surface area is 229 Å². The Balaban J connectivity index is 0.00000304. The smallest absolute Gasteiger partial charge is 0.317 e. The first-order valence-electron chi connectivity index (χ1n) is 10.5. The van der Waals surface area contributed by atoms with Gasteiger partial charge in [-0.3, -0.25) is 4.79 Å². The molecule has 0 amide bonds. The van der Waals surface area contributed by atoms with Crippen molar-refractivity contribution in [3.05, 3.63) is 113 Å². The van der Waals surface area contributed by atoms with Crippen LogP contribution in [0.3, 0.4) is 0 Å². The summed E-state index contributed by atoms with van der Waals surface area (Å²) in [5.41, 5.74) is 3.32. The van der Waals surface area contributed by atoms with E-state index in [1.165, 1.54) is 24.3 Å². The number of rotatable bonds is 5. The molecule has 4 aromatic rings. The third-order valence-electron chi connectivity index (χ3n) is 5.46. The van der Waals surface area contributed by atoms with E-state index in [0.29, 0.717) is 17.0 Å². The van der Waals surface area contributed by atoms with Crippen LogP contribution in [0, 0.1) is 0 Å². The van der Waals surface area contributed by atoms with Gasteiger partial charge in [-0.15, -0.1) is 4.28 Å². The number of ketones is 1. The molecule has 1 radical (unpaired) electrons. The van der Waals surface area contributed by atoms with Crippen molar-refractivity contribution >= 4 is 62.5 Å². The van der Waals surface area contributed by atoms with Crippen LogP contribution in [0.25, 0.3) is 0 Å². The number of phenols is 2. The summed E-state index contributed by atoms with van der Waals surface area (Å²) in [7, 11) is -4.24. The molecule has 0 saturated carbocycles. The summed E-state index contributed by atoms with van der Waals surface area (Å²) < 4.78 is 29.8. The van der Waals surface area contributed by atoms with Gasteiger partial charge in [0.1, 0.15) is 11.4 Å². The van der Waals surface area contributed by atoms with Gasteiger partial charge in [0.25, 0.3) is 0 Å². The van der Waals surface area contributed by atoms with Gasteiger partial charge < -0.3 is 10.2 Å². The molecule has 4 aromatic carbocycles. The van der Waals surface area contributed by atoms with Gasteiger partial charge in [0, 0.05) is 46.8 Å². The van der Waals surface area contributed by atoms with Gasteiger partial charge in [0.2, 0.25) is 0 Å². The molecule has 1 aliphatic carbocycles. The number of carbonyl (C=O) groups is 1. The number of nitrogens with one attached hydrogen (secondary N) is 1. The average molecular weight is 509 g/mol. The van der Waals surface area contributed by atoms with Gasteiger partial charge in [-0.25, -0.2) is 10.5 Å². The average Bonchev–Trinajstić information content (AvgIpc) is 2.88. The Kier molecular flexibility index (Phi) is 7.30. The van der Waals surface area contributed by atoms with E-state index in [2.05, 4.69) is 10.5 Å². The van der Waals surface area contributed by atoms with E-state index < -0.39 is 27.4 Å². The van der Waals surface area contributed by atoms with Gasteiger partial charge in [-0.05, 0) is 24.3 Å². The molecule has 0 aliphatic heterocycles. The third kappa shape index (κ3) is 4.67. The molecule has 8 nitrogen and oxygen atoms in total. The summed E-state index contributed by atoms with van der Waals surface area (Å²) >= 11 is 0. The monoisotopic (exact) mass is 509 g/mol. The summed E-state index contributed by atoms with van der Waals surface area (Å²) in [5.74, 6) is -1.52. The van der Waals surface area contributed by atoms with E-state index in [0.717, 1.165) is 6.07 Å². The number of fused-ring (bicyclic) bond motifs is 2. The molecule has 3 N–H and O–H groups in total. The number of hydrogen-bond donors (Lipinski definition) is 3. The maximum atomic E-state index is 13.3. The maximum Gasteiger partial charge on any atom is 0.317 e. The minimum atomic E-state index is -4.24. The van der Waals surface area contributed by atoms with Crippen molar-refractivity contribution in [3.63, 3.8) is 0 Å². The Morgan fingerprint density at radius 1 is 0.778 bits per heavy atom. The second kappa shape index (κ2) is 10.3. The number of benzene rings is 4. The van der Waals surface area contributed by atoms with Crippen LogP contribution in [0.1, 0.15) is 27.0 Å². The van der Waals surface area contributed by atoms with E-state index >= 15 is 0 Å². The zero-order valence-electron chi connectivity index (χ0n) is 19.0. The van der Waals surface area contributed by atoms with Crippen LogP contribution in [0.5, 0.6) is 11.5 Å². The van der Waals surface area contributed by atoms with Gasteiger partial charge in [0.15, 0.2) is 11.5 Å². The molecule has 0 spiro atoms. The molecule has 0 unspecified atom stereocenters. The number of carbonyl (C=O) groups excluding carboxylic acids is 1. The molecular weight excluding hydrogens is 491 g/mol. The van der Waals surface area contributed by atoms with Crippen molar-refractivity contribution in [3.8, 4) is 11.5 Å². The molecule has 0 aromatic heterocycles. The first-order valence-corrected chi connectivity index (χ1v) is 11.9. The Hall–Kier alpha value is -3.47. The molecular formula is C26H18N2NaO6S. The topological polar surface area (TPSA) is 125 Å².